The molecule has 0 aromatic carbocycles. The largest absolute Gasteiger partial charge is 0.449 e. The topological polar surface area (TPSA) is 82.3 Å². The molecule has 0 saturated carbocycles. The zero-order chi connectivity index (χ0) is 13.1. The van der Waals surface area contributed by atoms with E-state index < -0.39 is 9.84 Å². The van der Waals surface area contributed by atoms with E-state index in [2.05, 4.69) is 10.1 Å². The molecule has 0 aliphatic carbocycles. The predicted octanol–water partition coefficient (Wildman–Crippen LogP) is 1.18. The highest BCUT2D eigenvalue weighted by Gasteiger charge is 2.21. The van der Waals surface area contributed by atoms with E-state index in [1.54, 1.807) is 0 Å². The van der Waals surface area contributed by atoms with Gasteiger partial charge in [-0.2, -0.15) is 4.98 Å². The molecule has 0 spiro atoms. The third-order valence-electron chi connectivity index (χ3n) is 1.96. The zero-order valence-electron chi connectivity index (χ0n) is 10.6. The summed E-state index contributed by atoms with van der Waals surface area (Å²) in [5.41, 5.74) is -0.197. The Morgan fingerprint density at radius 3 is 2.47 bits per heavy atom. The first-order valence-corrected chi connectivity index (χ1v) is 7.39. The fourth-order valence-corrected chi connectivity index (χ4v) is 1.70. The van der Waals surface area contributed by atoms with E-state index in [1.165, 1.54) is 6.26 Å². The molecule has 98 valence electrons. The zero-order valence-corrected chi connectivity index (χ0v) is 11.4. The molecular weight excluding hydrogens is 244 g/mol. The van der Waals surface area contributed by atoms with Crippen molar-refractivity contribution in [2.24, 2.45) is 0 Å². The number of hydrogen-bond donors (Lipinski definition) is 0. The third kappa shape index (κ3) is 5.16. The lowest BCUT2D eigenvalue weighted by Crippen LogP contribution is -2.13. The highest BCUT2D eigenvalue weighted by Crippen LogP contribution is 2.20. The first-order valence-electron chi connectivity index (χ1n) is 5.33. The van der Waals surface area contributed by atoms with E-state index in [0.29, 0.717) is 12.2 Å². The molecule has 0 fully saturated rings. The highest BCUT2D eigenvalue weighted by molar-refractivity contribution is 7.90. The fraction of sp³-hybridized carbons (Fsp3) is 0.800. The summed E-state index contributed by atoms with van der Waals surface area (Å²) >= 11 is 0. The van der Waals surface area contributed by atoms with Gasteiger partial charge in [0.15, 0.2) is 5.82 Å². The van der Waals surface area contributed by atoms with Gasteiger partial charge in [0.2, 0.25) is 0 Å². The van der Waals surface area contributed by atoms with Crippen LogP contribution in [-0.2, 0) is 15.3 Å². The van der Waals surface area contributed by atoms with Crippen molar-refractivity contribution < 1.29 is 17.7 Å². The number of nitrogens with zero attached hydrogens (tertiary/aromatic N) is 2. The molecule has 1 rings (SSSR count). The number of rotatable bonds is 5. The van der Waals surface area contributed by atoms with Gasteiger partial charge in [0, 0.05) is 11.7 Å². The Morgan fingerprint density at radius 2 is 2.00 bits per heavy atom. The van der Waals surface area contributed by atoms with Crippen LogP contribution in [0.4, 0.5) is 0 Å². The molecule has 0 unspecified atom stereocenters. The Labute approximate surface area is 101 Å². The van der Waals surface area contributed by atoms with Crippen LogP contribution < -0.4 is 4.74 Å². The van der Waals surface area contributed by atoms with Crippen molar-refractivity contribution in [3.8, 4) is 6.08 Å². The van der Waals surface area contributed by atoms with Crippen LogP contribution in [-0.4, -0.2) is 37.2 Å². The minimum atomic E-state index is -2.94. The second-order valence-corrected chi connectivity index (χ2v) is 7.23. The van der Waals surface area contributed by atoms with Crippen LogP contribution in [0.25, 0.3) is 0 Å². The van der Waals surface area contributed by atoms with Crippen LogP contribution in [0.2, 0.25) is 0 Å². The van der Waals surface area contributed by atoms with Crippen LogP contribution in [0.1, 0.15) is 33.0 Å². The van der Waals surface area contributed by atoms with Crippen LogP contribution in [0.15, 0.2) is 4.52 Å². The van der Waals surface area contributed by atoms with Crippen LogP contribution in [0.5, 0.6) is 6.08 Å². The first-order chi connectivity index (χ1) is 7.68. The molecule has 0 saturated heterocycles. The minimum absolute atomic E-state index is 0.0865. The van der Waals surface area contributed by atoms with Gasteiger partial charge >= 0.3 is 6.08 Å². The maximum Gasteiger partial charge on any atom is 0.417 e. The molecule has 0 radical (unpaired) electrons. The van der Waals surface area contributed by atoms with Crippen molar-refractivity contribution in [2.45, 2.75) is 32.6 Å². The lowest BCUT2D eigenvalue weighted by molar-refractivity contribution is 0.204. The quantitative estimate of drug-likeness (QED) is 0.741. The molecule has 6 nitrogen and oxygen atoms in total. The van der Waals surface area contributed by atoms with Crippen molar-refractivity contribution in [1.29, 1.82) is 0 Å². The molecule has 0 atom stereocenters. The molecule has 0 bridgehead atoms. The van der Waals surface area contributed by atoms with Gasteiger partial charge in [-0.05, 0) is 6.42 Å². The van der Waals surface area contributed by atoms with Gasteiger partial charge in [-0.25, -0.2) is 8.42 Å². The van der Waals surface area contributed by atoms with Gasteiger partial charge in [0.05, 0.1) is 12.4 Å². The van der Waals surface area contributed by atoms with Crippen LogP contribution >= 0.6 is 0 Å². The molecule has 17 heavy (non-hydrogen) atoms. The Hall–Kier alpha value is -1.11. The second kappa shape index (κ2) is 5.03. The molecular formula is C10H18N2O4S. The Bertz CT molecular complexity index is 459. The fourth-order valence-electron chi connectivity index (χ4n) is 1.05. The lowest BCUT2D eigenvalue weighted by atomic mass is 9.96. The average Bonchev–Trinajstić information content (AvgIpc) is 2.58. The molecule has 0 aliphatic rings. The molecule has 0 N–H and O–H groups in total. The molecule has 1 aromatic heterocycles. The van der Waals surface area contributed by atoms with E-state index in [4.69, 9.17) is 9.26 Å². The van der Waals surface area contributed by atoms with Crippen molar-refractivity contribution in [1.82, 2.24) is 10.1 Å². The Balaban J connectivity index is 2.41. The lowest BCUT2D eigenvalue weighted by Gasteiger charge is -2.10. The summed E-state index contributed by atoms with van der Waals surface area (Å²) in [4.78, 5) is 4.07. The van der Waals surface area contributed by atoms with E-state index >= 15 is 0 Å². The van der Waals surface area contributed by atoms with Crippen molar-refractivity contribution in [2.75, 3.05) is 18.6 Å². The number of aromatic nitrogens is 2. The maximum absolute atomic E-state index is 10.9. The number of hydrogen-bond acceptors (Lipinski definition) is 6. The van der Waals surface area contributed by atoms with Crippen molar-refractivity contribution >= 4 is 9.84 Å². The van der Waals surface area contributed by atoms with Crippen molar-refractivity contribution in [3.05, 3.63) is 5.82 Å². The summed E-state index contributed by atoms with van der Waals surface area (Å²) in [6, 6.07) is 0. The van der Waals surface area contributed by atoms with E-state index in [-0.39, 0.29) is 23.9 Å². The summed E-state index contributed by atoms with van der Waals surface area (Å²) in [6.07, 6.45) is 1.69. The SMILES string of the molecule is CC(C)(C)c1noc(OCCCS(C)(=O)=O)n1. The Kier molecular flexibility index (Phi) is 4.13. The number of ether oxygens (including phenoxy) is 1. The van der Waals surface area contributed by atoms with E-state index in [0.717, 1.165) is 0 Å². The molecule has 0 amide bonds. The highest BCUT2D eigenvalue weighted by atomic mass is 32.2. The predicted molar refractivity (Wildman–Crippen MR) is 62.8 cm³/mol. The monoisotopic (exact) mass is 262 g/mol. The maximum atomic E-state index is 10.9. The van der Waals surface area contributed by atoms with Gasteiger partial charge in [-0.3, -0.25) is 4.52 Å². The van der Waals surface area contributed by atoms with E-state index in [9.17, 15) is 8.42 Å². The molecule has 7 heteroatoms. The summed E-state index contributed by atoms with van der Waals surface area (Å²) in [7, 11) is -2.94. The molecule has 1 aromatic rings. The summed E-state index contributed by atoms with van der Waals surface area (Å²) in [5.74, 6) is 0.656. The molecule has 0 aliphatic heterocycles. The number of sulfone groups is 1. The van der Waals surface area contributed by atoms with Crippen LogP contribution in [0.3, 0.4) is 0 Å². The minimum Gasteiger partial charge on any atom is -0.449 e. The summed E-state index contributed by atoms with van der Waals surface area (Å²) in [5, 5.41) is 3.79. The van der Waals surface area contributed by atoms with Gasteiger partial charge in [-0.15, -0.1) is 0 Å². The molecule has 1 heterocycles. The normalized spacial score (nSPS) is 12.7. The van der Waals surface area contributed by atoms with Gasteiger partial charge in [0.25, 0.3) is 0 Å². The first kappa shape index (κ1) is 14.0. The smallest absolute Gasteiger partial charge is 0.417 e. The van der Waals surface area contributed by atoms with Crippen LogP contribution in [0, 0.1) is 0 Å². The summed E-state index contributed by atoms with van der Waals surface area (Å²) < 4.78 is 31.8. The van der Waals surface area contributed by atoms with Crippen molar-refractivity contribution in [3.63, 3.8) is 0 Å². The summed E-state index contributed by atoms with van der Waals surface area (Å²) in [6.45, 7) is 6.14. The standard InChI is InChI=1S/C10H18N2O4S/c1-10(2,3)8-11-9(16-12-8)15-6-5-7-17(4,13)14/h5-7H2,1-4H3. The van der Waals surface area contributed by atoms with Gasteiger partial charge < -0.3 is 4.74 Å². The van der Waals surface area contributed by atoms with E-state index in [1.807, 2.05) is 20.8 Å². The van der Waals surface area contributed by atoms with Gasteiger partial charge in [-0.1, -0.05) is 25.9 Å². The Morgan fingerprint density at radius 1 is 1.35 bits per heavy atom. The average molecular weight is 262 g/mol. The second-order valence-electron chi connectivity index (χ2n) is 4.97. The van der Waals surface area contributed by atoms with Gasteiger partial charge in [0.1, 0.15) is 9.84 Å². The third-order valence-corrected chi connectivity index (χ3v) is 2.99.